The number of rotatable bonds is 5. The molecule has 1 unspecified atom stereocenters. The van der Waals surface area contributed by atoms with E-state index in [2.05, 4.69) is 25.1 Å². The Hall–Kier alpha value is -2.89. The number of methoxy groups -OCH3 is 3. The van der Waals surface area contributed by atoms with E-state index in [0.717, 1.165) is 29.7 Å². The van der Waals surface area contributed by atoms with Gasteiger partial charge in [-0.25, -0.2) is 4.99 Å². The Bertz CT molecular complexity index is 866. The van der Waals surface area contributed by atoms with E-state index in [4.69, 9.17) is 24.9 Å². The van der Waals surface area contributed by atoms with Crippen molar-refractivity contribution >= 4 is 5.96 Å². The third-order valence-corrected chi connectivity index (χ3v) is 5.19. The van der Waals surface area contributed by atoms with Gasteiger partial charge in [0.1, 0.15) is 0 Å². The average Bonchev–Trinajstić information content (AvgIpc) is 2.69. The lowest BCUT2D eigenvalue weighted by Gasteiger charge is -2.35. The summed E-state index contributed by atoms with van der Waals surface area (Å²) in [5, 5.41) is 0. The van der Waals surface area contributed by atoms with Crippen LogP contribution in [-0.4, -0.2) is 45.8 Å². The number of benzene rings is 2. The second-order valence-electron chi connectivity index (χ2n) is 6.88. The van der Waals surface area contributed by atoms with E-state index in [1.54, 1.807) is 21.3 Å². The van der Waals surface area contributed by atoms with Crippen LogP contribution in [-0.2, 0) is 5.54 Å². The molecule has 6 nitrogen and oxygen atoms in total. The van der Waals surface area contributed by atoms with Gasteiger partial charge in [0, 0.05) is 19.2 Å². The molecule has 0 aliphatic carbocycles. The number of nitrogens with two attached hydrogens (primary N) is 1. The second-order valence-corrected chi connectivity index (χ2v) is 6.88. The molecular formula is C21H27N3O3. The van der Waals surface area contributed by atoms with Gasteiger partial charge in [0.15, 0.2) is 17.5 Å². The number of ether oxygens (including phenoxy) is 3. The highest BCUT2D eigenvalue weighted by atomic mass is 16.5. The normalized spacial score (nSPS) is 19.4. The lowest BCUT2D eigenvalue weighted by atomic mass is 9.86. The standard InChI is InChI=1S/C21H27N3O3/c1-21(11-12-24(2)20(22)23-21)15-8-6-7-14(13-15)16-9-10-17(25-3)19(27-5)18(16)26-4/h6-10,13H,11-12H2,1-5H3,(H2,22,23). The van der Waals surface area contributed by atoms with Crippen LogP contribution in [0.3, 0.4) is 0 Å². The third-order valence-electron chi connectivity index (χ3n) is 5.19. The molecule has 1 atom stereocenters. The maximum absolute atomic E-state index is 6.08. The van der Waals surface area contributed by atoms with Crippen LogP contribution in [0, 0.1) is 0 Å². The topological polar surface area (TPSA) is 69.3 Å². The molecule has 0 fully saturated rings. The molecule has 3 rings (SSSR count). The molecule has 2 aromatic rings. The van der Waals surface area contributed by atoms with Crippen LogP contribution < -0.4 is 19.9 Å². The van der Waals surface area contributed by atoms with Crippen molar-refractivity contribution in [2.24, 2.45) is 10.7 Å². The van der Waals surface area contributed by atoms with Crippen molar-refractivity contribution in [1.82, 2.24) is 4.90 Å². The van der Waals surface area contributed by atoms with Gasteiger partial charge in [0.05, 0.1) is 26.9 Å². The van der Waals surface area contributed by atoms with Gasteiger partial charge in [-0.15, -0.1) is 0 Å². The maximum Gasteiger partial charge on any atom is 0.203 e. The van der Waals surface area contributed by atoms with Crippen LogP contribution in [0.25, 0.3) is 11.1 Å². The first-order chi connectivity index (χ1) is 12.9. The fourth-order valence-corrected chi connectivity index (χ4v) is 3.45. The molecule has 0 amide bonds. The maximum atomic E-state index is 6.08. The number of hydrogen-bond donors (Lipinski definition) is 1. The predicted molar refractivity (Wildman–Crippen MR) is 108 cm³/mol. The Morgan fingerprint density at radius 1 is 1.04 bits per heavy atom. The SMILES string of the molecule is COc1ccc(-c2cccc(C3(C)CCN(C)C(N)=N3)c2)c(OC)c1OC. The zero-order valence-electron chi connectivity index (χ0n) is 16.6. The number of aliphatic imine (C=N–C) groups is 1. The summed E-state index contributed by atoms with van der Waals surface area (Å²) in [6.07, 6.45) is 0.900. The average molecular weight is 369 g/mol. The largest absolute Gasteiger partial charge is 0.493 e. The summed E-state index contributed by atoms with van der Waals surface area (Å²) < 4.78 is 16.6. The van der Waals surface area contributed by atoms with Crippen molar-refractivity contribution in [2.75, 3.05) is 34.9 Å². The van der Waals surface area contributed by atoms with Crippen molar-refractivity contribution in [1.29, 1.82) is 0 Å². The molecule has 27 heavy (non-hydrogen) atoms. The monoisotopic (exact) mass is 369 g/mol. The third kappa shape index (κ3) is 3.39. The zero-order valence-corrected chi connectivity index (χ0v) is 16.6. The summed E-state index contributed by atoms with van der Waals surface area (Å²) in [5.41, 5.74) is 8.81. The lowest BCUT2D eigenvalue weighted by molar-refractivity contribution is 0.325. The summed E-state index contributed by atoms with van der Waals surface area (Å²) >= 11 is 0. The molecule has 0 aromatic heterocycles. The Kier molecular flexibility index (Phi) is 5.17. The minimum atomic E-state index is -0.351. The van der Waals surface area contributed by atoms with E-state index in [1.165, 1.54) is 0 Å². The first-order valence-electron chi connectivity index (χ1n) is 8.90. The van der Waals surface area contributed by atoms with E-state index in [-0.39, 0.29) is 5.54 Å². The molecule has 0 saturated carbocycles. The molecular weight excluding hydrogens is 342 g/mol. The van der Waals surface area contributed by atoms with Gasteiger partial charge in [-0.05, 0) is 42.7 Å². The highest BCUT2D eigenvalue weighted by Crippen LogP contribution is 2.45. The molecule has 1 aliphatic heterocycles. The second kappa shape index (κ2) is 7.39. The predicted octanol–water partition coefficient (Wildman–Crippen LogP) is 3.24. The minimum absolute atomic E-state index is 0.351. The van der Waals surface area contributed by atoms with Crippen molar-refractivity contribution in [3.8, 4) is 28.4 Å². The first kappa shape index (κ1) is 18.9. The molecule has 144 valence electrons. The van der Waals surface area contributed by atoms with Crippen LogP contribution >= 0.6 is 0 Å². The van der Waals surface area contributed by atoms with Gasteiger partial charge in [-0.2, -0.15) is 0 Å². The first-order valence-corrected chi connectivity index (χ1v) is 8.90. The van der Waals surface area contributed by atoms with Crippen molar-refractivity contribution in [2.45, 2.75) is 18.9 Å². The van der Waals surface area contributed by atoms with E-state index < -0.39 is 0 Å². The van der Waals surface area contributed by atoms with Crippen LogP contribution in [0.5, 0.6) is 17.2 Å². The Labute approximate surface area is 160 Å². The summed E-state index contributed by atoms with van der Waals surface area (Å²) in [5.74, 6) is 2.42. The minimum Gasteiger partial charge on any atom is -0.493 e. The van der Waals surface area contributed by atoms with Crippen LogP contribution in [0.1, 0.15) is 18.9 Å². The van der Waals surface area contributed by atoms with Gasteiger partial charge in [-0.1, -0.05) is 18.2 Å². The van der Waals surface area contributed by atoms with Crippen molar-refractivity contribution in [3.63, 3.8) is 0 Å². The molecule has 2 N–H and O–H groups in total. The molecule has 6 heteroatoms. The van der Waals surface area contributed by atoms with Crippen molar-refractivity contribution in [3.05, 3.63) is 42.0 Å². The number of guanidine groups is 1. The molecule has 0 saturated heterocycles. The highest BCUT2D eigenvalue weighted by molar-refractivity contribution is 5.80. The number of hydrogen-bond acceptors (Lipinski definition) is 6. The molecule has 0 spiro atoms. The number of nitrogens with zero attached hydrogens (tertiary/aromatic N) is 2. The fraction of sp³-hybridized carbons (Fsp3) is 0.381. The summed E-state index contributed by atoms with van der Waals surface area (Å²) in [6.45, 7) is 2.99. The summed E-state index contributed by atoms with van der Waals surface area (Å²) in [7, 11) is 6.82. The Balaban J connectivity index is 2.10. The van der Waals surface area contributed by atoms with Crippen LogP contribution in [0.2, 0.25) is 0 Å². The van der Waals surface area contributed by atoms with E-state index >= 15 is 0 Å². The quantitative estimate of drug-likeness (QED) is 0.876. The van der Waals surface area contributed by atoms with Crippen molar-refractivity contribution < 1.29 is 14.2 Å². The van der Waals surface area contributed by atoms with E-state index in [1.807, 2.05) is 30.1 Å². The van der Waals surface area contributed by atoms with Gasteiger partial charge < -0.3 is 24.8 Å². The van der Waals surface area contributed by atoms with Gasteiger partial charge in [0.25, 0.3) is 0 Å². The molecule has 2 aromatic carbocycles. The van der Waals surface area contributed by atoms with Gasteiger partial charge in [0.2, 0.25) is 5.75 Å². The van der Waals surface area contributed by atoms with Crippen LogP contribution in [0.15, 0.2) is 41.4 Å². The zero-order chi connectivity index (χ0) is 19.6. The van der Waals surface area contributed by atoms with Crippen LogP contribution in [0.4, 0.5) is 0 Å². The molecule has 0 bridgehead atoms. The van der Waals surface area contributed by atoms with E-state index in [0.29, 0.717) is 23.2 Å². The smallest absolute Gasteiger partial charge is 0.203 e. The fourth-order valence-electron chi connectivity index (χ4n) is 3.45. The highest BCUT2D eigenvalue weighted by Gasteiger charge is 2.31. The Morgan fingerprint density at radius 3 is 2.41 bits per heavy atom. The molecule has 1 heterocycles. The summed E-state index contributed by atoms with van der Waals surface area (Å²) in [4.78, 5) is 6.72. The molecule has 0 radical (unpaired) electrons. The van der Waals surface area contributed by atoms with E-state index in [9.17, 15) is 0 Å². The van der Waals surface area contributed by atoms with Gasteiger partial charge >= 0.3 is 0 Å². The Morgan fingerprint density at radius 2 is 1.78 bits per heavy atom. The lowest BCUT2D eigenvalue weighted by Crippen LogP contribution is -2.43. The molecule has 1 aliphatic rings. The van der Waals surface area contributed by atoms with Gasteiger partial charge in [-0.3, -0.25) is 0 Å². The summed E-state index contributed by atoms with van der Waals surface area (Å²) in [6, 6.07) is 12.2.